The number of fused-ring (bicyclic) bond motifs is 1. The molecule has 0 unspecified atom stereocenters. The summed E-state index contributed by atoms with van der Waals surface area (Å²) in [4.78, 5) is 44.5. The van der Waals surface area contributed by atoms with Gasteiger partial charge in [0.15, 0.2) is 11.2 Å². The predicted molar refractivity (Wildman–Crippen MR) is 108 cm³/mol. The lowest BCUT2D eigenvalue weighted by atomic mass is 10.2. The first-order valence-electron chi connectivity index (χ1n) is 9.25. The zero-order valence-corrected chi connectivity index (χ0v) is 16.3. The molecule has 1 amide bonds. The molecule has 2 heterocycles. The lowest BCUT2D eigenvalue weighted by Gasteiger charge is -2.11. The first-order valence-corrected chi connectivity index (χ1v) is 9.62. The van der Waals surface area contributed by atoms with E-state index in [2.05, 4.69) is 22.2 Å². The third-order valence-corrected chi connectivity index (χ3v) is 4.65. The lowest BCUT2D eigenvalue weighted by molar-refractivity contribution is 0.0952. The second-order valence-corrected chi connectivity index (χ2v) is 6.80. The van der Waals surface area contributed by atoms with Gasteiger partial charge in [-0.1, -0.05) is 38.0 Å². The highest BCUT2D eigenvalue weighted by Crippen LogP contribution is 2.10. The zero-order valence-electron chi connectivity index (χ0n) is 15.6. The van der Waals surface area contributed by atoms with E-state index < -0.39 is 11.2 Å². The summed E-state index contributed by atoms with van der Waals surface area (Å²) in [6, 6.07) is 8.75. The average molecular weight is 404 g/mol. The Hall–Kier alpha value is -2.87. The van der Waals surface area contributed by atoms with E-state index in [0.717, 1.165) is 23.8 Å². The topological polar surface area (TPSA) is 102 Å². The summed E-state index contributed by atoms with van der Waals surface area (Å²) < 4.78 is 2.57. The van der Waals surface area contributed by atoms with Gasteiger partial charge < -0.3 is 10.3 Å². The van der Waals surface area contributed by atoms with E-state index >= 15 is 0 Å². The van der Waals surface area contributed by atoms with E-state index in [-0.39, 0.29) is 35.4 Å². The first kappa shape index (κ1) is 19.9. The van der Waals surface area contributed by atoms with E-state index in [0.29, 0.717) is 12.1 Å². The van der Waals surface area contributed by atoms with Crippen molar-refractivity contribution < 1.29 is 4.79 Å². The van der Waals surface area contributed by atoms with Gasteiger partial charge in [-0.05, 0) is 30.2 Å². The Morgan fingerprint density at radius 2 is 1.89 bits per heavy atom. The molecule has 3 aromatic rings. The molecule has 0 radical (unpaired) electrons. The van der Waals surface area contributed by atoms with Crippen molar-refractivity contribution in [1.82, 2.24) is 24.4 Å². The normalized spacial score (nSPS) is 11.1. The fourth-order valence-corrected chi connectivity index (χ4v) is 3.20. The summed E-state index contributed by atoms with van der Waals surface area (Å²) in [6.07, 6.45) is 2.75. The molecule has 28 heavy (non-hydrogen) atoms. The number of carbonyl (C=O) groups excluding carboxylic acids is 1. The molecular weight excluding hydrogens is 382 g/mol. The fraction of sp³-hybridized carbons (Fsp3) is 0.368. The van der Waals surface area contributed by atoms with Gasteiger partial charge in [-0.3, -0.25) is 18.7 Å². The van der Waals surface area contributed by atoms with Gasteiger partial charge in [0.2, 0.25) is 5.28 Å². The summed E-state index contributed by atoms with van der Waals surface area (Å²) in [5.41, 5.74) is 0.0182. The van der Waals surface area contributed by atoms with E-state index in [9.17, 15) is 14.4 Å². The number of nitrogens with one attached hydrogen (secondary N) is 2. The summed E-state index contributed by atoms with van der Waals surface area (Å²) >= 11 is 5.92. The zero-order chi connectivity index (χ0) is 20.1. The van der Waals surface area contributed by atoms with Crippen LogP contribution in [0.4, 0.5) is 0 Å². The number of aryl methyl sites for hydroxylation is 1. The van der Waals surface area contributed by atoms with Gasteiger partial charge in [0.05, 0.1) is 0 Å². The maximum atomic E-state index is 12.9. The van der Waals surface area contributed by atoms with Crippen LogP contribution in [0, 0.1) is 0 Å². The Balaban J connectivity index is 1.85. The predicted octanol–water partition coefficient (Wildman–Crippen LogP) is 2.16. The van der Waals surface area contributed by atoms with Crippen molar-refractivity contribution >= 4 is 28.7 Å². The number of amides is 1. The molecule has 3 rings (SSSR count). The molecule has 0 aliphatic carbocycles. The number of carbonyl (C=O) groups is 1. The van der Waals surface area contributed by atoms with Crippen LogP contribution < -0.4 is 16.6 Å². The van der Waals surface area contributed by atoms with Gasteiger partial charge in [0.25, 0.3) is 11.5 Å². The molecule has 2 aromatic heterocycles. The van der Waals surface area contributed by atoms with Gasteiger partial charge in [-0.25, -0.2) is 4.79 Å². The third kappa shape index (κ3) is 4.17. The number of benzene rings is 1. The molecule has 0 aliphatic rings. The van der Waals surface area contributed by atoms with Crippen molar-refractivity contribution in [3.8, 4) is 0 Å². The van der Waals surface area contributed by atoms with Crippen LogP contribution in [0.5, 0.6) is 0 Å². The molecule has 0 atom stereocenters. The van der Waals surface area contributed by atoms with E-state index in [1.54, 1.807) is 24.3 Å². The highest BCUT2D eigenvalue weighted by Gasteiger charge is 2.17. The lowest BCUT2D eigenvalue weighted by Crippen LogP contribution is -2.42. The molecule has 2 N–H and O–H groups in total. The maximum absolute atomic E-state index is 12.9. The minimum atomic E-state index is -0.500. The van der Waals surface area contributed by atoms with Crippen LogP contribution in [-0.4, -0.2) is 31.6 Å². The summed E-state index contributed by atoms with van der Waals surface area (Å²) in [7, 11) is 0. The smallest absolute Gasteiger partial charge is 0.332 e. The van der Waals surface area contributed by atoms with Crippen molar-refractivity contribution in [3.05, 3.63) is 62.0 Å². The fourth-order valence-electron chi connectivity index (χ4n) is 3.03. The van der Waals surface area contributed by atoms with Crippen molar-refractivity contribution in [2.45, 2.75) is 39.3 Å². The number of halogens is 1. The standard InChI is InChI=1S/C19H22ClN5O3/c1-2-3-7-11-24-15-14(22-18(20)23-15)17(27)25(19(24)28)12-10-21-16(26)13-8-5-4-6-9-13/h4-6,8-9H,2-3,7,10-12H2,1H3,(H,21,26)(H,22,23). The SMILES string of the molecule is CCCCCn1c(=O)n(CCNC(=O)c2ccccc2)c(=O)c2[nH]c(Cl)nc21. The van der Waals surface area contributed by atoms with Crippen LogP contribution in [0.2, 0.25) is 5.28 Å². The highest BCUT2D eigenvalue weighted by atomic mass is 35.5. The third-order valence-electron chi connectivity index (χ3n) is 4.47. The second-order valence-electron chi connectivity index (χ2n) is 6.45. The van der Waals surface area contributed by atoms with Crippen LogP contribution in [0.15, 0.2) is 39.9 Å². The molecule has 1 aromatic carbocycles. The van der Waals surface area contributed by atoms with E-state index in [4.69, 9.17) is 11.6 Å². The quantitative estimate of drug-likeness (QED) is 0.444. The number of unbranched alkanes of at least 4 members (excludes halogenated alkanes) is 2. The molecule has 8 nitrogen and oxygen atoms in total. The monoisotopic (exact) mass is 403 g/mol. The van der Waals surface area contributed by atoms with Gasteiger partial charge >= 0.3 is 5.69 Å². The Bertz CT molecular complexity index is 1080. The van der Waals surface area contributed by atoms with Crippen LogP contribution in [0.3, 0.4) is 0 Å². The Labute approximate surface area is 166 Å². The van der Waals surface area contributed by atoms with Crippen molar-refractivity contribution in [1.29, 1.82) is 0 Å². The number of imidazole rings is 1. The van der Waals surface area contributed by atoms with E-state index in [1.165, 1.54) is 4.57 Å². The molecular formula is C19H22ClN5O3. The maximum Gasteiger partial charge on any atom is 0.332 e. The van der Waals surface area contributed by atoms with Gasteiger partial charge in [0, 0.05) is 25.2 Å². The van der Waals surface area contributed by atoms with Crippen LogP contribution in [0.1, 0.15) is 36.5 Å². The number of H-pyrrole nitrogens is 1. The van der Waals surface area contributed by atoms with Crippen molar-refractivity contribution in [2.75, 3.05) is 6.54 Å². The Kier molecular flexibility index (Phi) is 6.30. The van der Waals surface area contributed by atoms with Crippen LogP contribution >= 0.6 is 11.6 Å². The molecule has 0 fully saturated rings. The van der Waals surface area contributed by atoms with Crippen LogP contribution in [0.25, 0.3) is 11.2 Å². The second kappa shape index (κ2) is 8.88. The number of hydrogen-bond donors (Lipinski definition) is 2. The number of aromatic amines is 1. The first-order chi connectivity index (χ1) is 13.5. The molecule has 0 saturated heterocycles. The highest BCUT2D eigenvalue weighted by molar-refractivity contribution is 6.28. The number of rotatable bonds is 8. The molecule has 0 aliphatic heterocycles. The van der Waals surface area contributed by atoms with Gasteiger partial charge in [-0.2, -0.15) is 4.98 Å². The molecule has 9 heteroatoms. The largest absolute Gasteiger partial charge is 0.350 e. The van der Waals surface area contributed by atoms with Crippen LogP contribution in [-0.2, 0) is 13.1 Å². The number of aromatic nitrogens is 4. The Morgan fingerprint density at radius 1 is 1.14 bits per heavy atom. The summed E-state index contributed by atoms with van der Waals surface area (Å²) in [6.45, 7) is 2.71. The molecule has 0 bridgehead atoms. The average Bonchev–Trinajstić information content (AvgIpc) is 3.09. The molecule has 148 valence electrons. The number of nitrogens with zero attached hydrogens (tertiary/aromatic N) is 3. The minimum absolute atomic E-state index is 0.0522. The minimum Gasteiger partial charge on any atom is -0.350 e. The molecule has 0 spiro atoms. The van der Waals surface area contributed by atoms with Gasteiger partial charge in [0.1, 0.15) is 0 Å². The van der Waals surface area contributed by atoms with Crippen molar-refractivity contribution in [2.24, 2.45) is 0 Å². The summed E-state index contributed by atoms with van der Waals surface area (Å²) in [5.74, 6) is -0.261. The molecule has 0 saturated carbocycles. The van der Waals surface area contributed by atoms with E-state index in [1.807, 2.05) is 6.07 Å². The number of hydrogen-bond acceptors (Lipinski definition) is 4. The Morgan fingerprint density at radius 3 is 2.61 bits per heavy atom. The van der Waals surface area contributed by atoms with Gasteiger partial charge in [-0.15, -0.1) is 0 Å². The van der Waals surface area contributed by atoms with Crippen molar-refractivity contribution in [3.63, 3.8) is 0 Å². The summed E-state index contributed by atoms with van der Waals surface area (Å²) in [5, 5.41) is 2.79.